The Balaban J connectivity index is 2.57. The highest BCUT2D eigenvalue weighted by molar-refractivity contribution is 7.80. The molecule has 86 valence electrons. The summed E-state index contributed by atoms with van der Waals surface area (Å²) in [4.78, 5) is 11.2. The van der Waals surface area contributed by atoms with Gasteiger partial charge in [-0.2, -0.15) is 0 Å². The summed E-state index contributed by atoms with van der Waals surface area (Å²) >= 11 is 4.71. The van der Waals surface area contributed by atoms with Gasteiger partial charge in [0.05, 0.1) is 13.0 Å². The van der Waals surface area contributed by atoms with E-state index in [0.717, 1.165) is 11.3 Å². The number of benzene rings is 1. The third-order valence-electron chi connectivity index (χ3n) is 1.88. The van der Waals surface area contributed by atoms with E-state index in [1.54, 1.807) is 6.92 Å². The zero-order valence-corrected chi connectivity index (χ0v) is 9.84. The van der Waals surface area contributed by atoms with Gasteiger partial charge in [0.15, 0.2) is 5.11 Å². The van der Waals surface area contributed by atoms with E-state index in [1.807, 2.05) is 24.3 Å². The molecule has 0 saturated heterocycles. The summed E-state index contributed by atoms with van der Waals surface area (Å²) in [5.74, 6) is -0.224. The summed E-state index contributed by atoms with van der Waals surface area (Å²) < 4.78 is 4.85. The van der Waals surface area contributed by atoms with Crippen LogP contribution in [-0.4, -0.2) is 17.7 Å². The number of thiocarbonyl (C=S) groups is 1. The molecule has 0 aliphatic rings. The Kier molecular flexibility index (Phi) is 4.72. The molecule has 0 bridgehead atoms. The van der Waals surface area contributed by atoms with E-state index in [1.165, 1.54) is 0 Å². The summed E-state index contributed by atoms with van der Waals surface area (Å²) in [6.07, 6.45) is 0.279. The highest BCUT2D eigenvalue weighted by atomic mass is 32.1. The molecule has 0 aliphatic carbocycles. The molecular weight excluding hydrogens is 224 g/mol. The number of hydrogen-bond donors (Lipinski definition) is 2. The van der Waals surface area contributed by atoms with Crippen LogP contribution in [0.25, 0.3) is 0 Å². The van der Waals surface area contributed by atoms with Crippen LogP contribution in [0.1, 0.15) is 12.5 Å². The van der Waals surface area contributed by atoms with Crippen LogP contribution in [0.3, 0.4) is 0 Å². The largest absolute Gasteiger partial charge is 0.466 e. The molecule has 5 heteroatoms. The highest BCUT2D eigenvalue weighted by Gasteiger charge is 2.03. The standard InChI is InChI=1S/C11H14N2O2S/c1-2-15-10(14)7-8-3-5-9(6-4-8)13-11(12)16/h3-6H,2,7H2,1H3,(H3,12,13,16). The maximum Gasteiger partial charge on any atom is 0.310 e. The lowest BCUT2D eigenvalue weighted by Gasteiger charge is -2.05. The molecule has 16 heavy (non-hydrogen) atoms. The third-order valence-corrected chi connectivity index (χ3v) is 1.98. The van der Waals surface area contributed by atoms with Crippen LogP contribution < -0.4 is 11.1 Å². The lowest BCUT2D eigenvalue weighted by atomic mass is 10.1. The Morgan fingerprint density at radius 2 is 2.06 bits per heavy atom. The first kappa shape index (κ1) is 12.4. The normalized spacial score (nSPS) is 9.56. The van der Waals surface area contributed by atoms with Gasteiger partial charge < -0.3 is 15.8 Å². The number of carbonyl (C=O) groups is 1. The molecule has 1 rings (SSSR count). The second kappa shape index (κ2) is 6.07. The number of nitrogens with one attached hydrogen (secondary N) is 1. The molecule has 0 fully saturated rings. The first-order valence-electron chi connectivity index (χ1n) is 4.93. The lowest BCUT2D eigenvalue weighted by Crippen LogP contribution is -2.18. The molecule has 0 saturated carbocycles. The van der Waals surface area contributed by atoms with Crippen molar-refractivity contribution in [1.82, 2.24) is 0 Å². The highest BCUT2D eigenvalue weighted by Crippen LogP contribution is 2.10. The predicted molar refractivity (Wildman–Crippen MR) is 67.2 cm³/mol. The Bertz CT molecular complexity index is 376. The third kappa shape index (κ3) is 4.27. The van der Waals surface area contributed by atoms with Gasteiger partial charge >= 0.3 is 5.97 Å². The number of rotatable bonds is 4. The molecule has 3 N–H and O–H groups in total. The van der Waals surface area contributed by atoms with E-state index in [2.05, 4.69) is 5.32 Å². The summed E-state index contributed by atoms with van der Waals surface area (Å²) in [7, 11) is 0. The summed E-state index contributed by atoms with van der Waals surface area (Å²) in [5, 5.41) is 3.02. The maximum atomic E-state index is 11.2. The van der Waals surface area contributed by atoms with Crippen molar-refractivity contribution in [3.63, 3.8) is 0 Å². The zero-order chi connectivity index (χ0) is 12.0. The van der Waals surface area contributed by atoms with Crippen molar-refractivity contribution in [2.75, 3.05) is 11.9 Å². The molecular formula is C11H14N2O2S. The quantitative estimate of drug-likeness (QED) is 0.614. The SMILES string of the molecule is CCOC(=O)Cc1ccc(NC(N)=S)cc1. The van der Waals surface area contributed by atoms with Crippen molar-refractivity contribution >= 4 is 29.0 Å². The summed E-state index contributed by atoms with van der Waals surface area (Å²) in [6, 6.07) is 7.29. The smallest absolute Gasteiger partial charge is 0.310 e. The van der Waals surface area contributed by atoms with Crippen LogP contribution in [0.5, 0.6) is 0 Å². The van der Waals surface area contributed by atoms with E-state index >= 15 is 0 Å². The van der Waals surface area contributed by atoms with Crippen LogP contribution in [0.15, 0.2) is 24.3 Å². The fourth-order valence-electron chi connectivity index (χ4n) is 1.23. The summed E-state index contributed by atoms with van der Waals surface area (Å²) in [5.41, 5.74) is 7.03. The van der Waals surface area contributed by atoms with E-state index < -0.39 is 0 Å². The second-order valence-corrected chi connectivity index (χ2v) is 3.61. The van der Waals surface area contributed by atoms with Gasteiger partial charge in [-0.15, -0.1) is 0 Å². The average Bonchev–Trinajstić information content (AvgIpc) is 2.20. The van der Waals surface area contributed by atoms with Gasteiger partial charge in [0, 0.05) is 5.69 Å². The average molecular weight is 238 g/mol. The van der Waals surface area contributed by atoms with E-state index in [9.17, 15) is 4.79 Å². The van der Waals surface area contributed by atoms with Crippen molar-refractivity contribution in [2.45, 2.75) is 13.3 Å². The number of nitrogens with two attached hydrogens (primary N) is 1. The topological polar surface area (TPSA) is 64.3 Å². The lowest BCUT2D eigenvalue weighted by molar-refractivity contribution is -0.142. The van der Waals surface area contributed by atoms with Crippen molar-refractivity contribution in [3.05, 3.63) is 29.8 Å². The fourth-order valence-corrected chi connectivity index (χ4v) is 1.34. The van der Waals surface area contributed by atoms with Gasteiger partial charge in [-0.1, -0.05) is 12.1 Å². The fraction of sp³-hybridized carbons (Fsp3) is 0.273. The van der Waals surface area contributed by atoms with Gasteiger partial charge in [-0.05, 0) is 36.8 Å². The first-order chi connectivity index (χ1) is 7.61. The van der Waals surface area contributed by atoms with E-state index in [0.29, 0.717) is 6.61 Å². The molecule has 1 aromatic rings. The minimum absolute atomic E-state index is 0.221. The van der Waals surface area contributed by atoms with Crippen LogP contribution in [0, 0.1) is 0 Å². The minimum atomic E-state index is -0.224. The molecule has 4 nitrogen and oxygen atoms in total. The van der Waals surface area contributed by atoms with E-state index in [-0.39, 0.29) is 17.5 Å². The van der Waals surface area contributed by atoms with Crippen molar-refractivity contribution in [2.24, 2.45) is 5.73 Å². The molecule has 1 aromatic carbocycles. The second-order valence-electron chi connectivity index (χ2n) is 3.17. The van der Waals surface area contributed by atoms with Crippen LogP contribution in [-0.2, 0) is 16.0 Å². The Hall–Kier alpha value is -1.62. The maximum absolute atomic E-state index is 11.2. The summed E-state index contributed by atoms with van der Waals surface area (Å²) in [6.45, 7) is 2.19. The molecule has 0 radical (unpaired) electrons. The molecule has 0 heterocycles. The number of carbonyl (C=O) groups excluding carboxylic acids is 1. The van der Waals surface area contributed by atoms with Gasteiger partial charge in [-0.3, -0.25) is 4.79 Å². The molecule has 0 aromatic heterocycles. The molecule has 0 aliphatic heterocycles. The van der Waals surface area contributed by atoms with Gasteiger partial charge in [0.25, 0.3) is 0 Å². The van der Waals surface area contributed by atoms with Crippen molar-refractivity contribution in [3.8, 4) is 0 Å². The molecule has 0 atom stereocenters. The number of ether oxygens (including phenoxy) is 1. The molecule has 0 unspecified atom stereocenters. The number of hydrogen-bond acceptors (Lipinski definition) is 3. The Morgan fingerprint density at radius 3 is 2.56 bits per heavy atom. The Morgan fingerprint density at radius 1 is 1.44 bits per heavy atom. The molecule has 0 amide bonds. The monoisotopic (exact) mass is 238 g/mol. The van der Waals surface area contributed by atoms with Gasteiger partial charge in [0.1, 0.15) is 0 Å². The van der Waals surface area contributed by atoms with E-state index in [4.69, 9.17) is 22.7 Å². The predicted octanol–water partition coefficient (Wildman–Crippen LogP) is 1.45. The number of anilines is 1. The van der Waals surface area contributed by atoms with Crippen molar-refractivity contribution < 1.29 is 9.53 Å². The molecule has 0 spiro atoms. The number of esters is 1. The van der Waals surface area contributed by atoms with Gasteiger partial charge in [-0.25, -0.2) is 0 Å². The van der Waals surface area contributed by atoms with Crippen LogP contribution >= 0.6 is 12.2 Å². The van der Waals surface area contributed by atoms with Crippen molar-refractivity contribution in [1.29, 1.82) is 0 Å². The first-order valence-corrected chi connectivity index (χ1v) is 5.33. The van der Waals surface area contributed by atoms with Crippen LogP contribution in [0.4, 0.5) is 5.69 Å². The minimum Gasteiger partial charge on any atom is -0.466 e. The van der Waals surface area contributed by atoms with Crippen LogP contribution in [0.2, 0.25) is 0 Å². The van der Waals surface area contributed by atoms with Gasteiger partial charge in [0.2, 0.25) is 0 Å². The zero-order valence-electron chi connectivity index (χ0n) is 9.03. The Labute approximate surface area is 99.8 Å².